The van der Waals surface area contributed by atoms with E-state index < -0.39 is 11.7 Å². The SMILES string of the molecule is Cc1ccc(-c2nnc(-c3ccc(C(=O)Nc4cc(C)ccc4F)cc3)o2)cc1. The maximum atomic E-state index is 13.9. The van der Waals surface area contributed by atoms with Crippen LogP contribution in [0.5, 0.6) is 0 Å². The van der Waals surface area contributed by atoms with E-state index >= 15 is 0 Å². The van der Waals surface area contributed by atoms with Crippen LogP contribution in [0.1, 0.15) is 21.5 Å². The van der Waals surface area contributed by atoms with Crippen molar-refractivity contribution in [1.82, 2.24) is 10.2 Å². The van der Waals surface area contributed by atoms with Crippen LogP contribution in [0, 0.1) is 19.7 Å². The molecule has 1 amide bonds. The first-order chi connectivity index (χ1) is 14.0. The molecule has 4 rings (SSSR count). The van der Waals surface area contributed by atoms with Crippen LogP contribution in [0.25, 0.3) is 22.9 Å². The molecule has 1 aromatic heterocycles. The van der Waals surface area contributed by atoms with Gasteiger partial charge in [-0.15, -0.1) is 10.2 Å². The fourth-order valence-electron chi connectivity index (χ4n) is 2.85. The minimum absolute atomic E-state index is 0.152. The number of aromatic nitrogens is 2. The third-order valence-electron chi connectivity index (χ3n) is 4.49. The van der Waals surface area contributed by atoms with E-state index in [9.17, 15) is 9.18 Å². The van der Waals surface area contributed by atoms with E-state index in [1.807, 2.05) is 38.1 Å². The molecule has 144 valence electrons. The number of amides is 1. The highest BCUT2D eigenvalue weighted by molar-refractivity contribution is 6.04. The summed E-state index contributed by atoms with van der Waals surface area (Å²) in [6.07, 6.45) is 0. The second kappa shape index (κ2) is 7.67. The molecule has 0 radical (unpaired) electrons. The molecule has 0 aliphatic rings. The lowest BCUT2D eigenvalue weighted by atomic mass is 10.1. The monoisotopic (exact) mass is 387 g/mol. The number of hydrogen-bond donors (Lipinski definition) is 1. The van der Waals surface area contributed by atoms with Crippen LogP contribution >= 0.6 is 0 Å². The van der Waals surface area contributed by atoms with Crippen LogP contribution in [0.3, 0.4) is 0 Å². The topological polar surface area (TPSA) is 68.0 Å². The molecule has 0 unspecified atom stereocenters. The van der Waals surface area contributed by atoms with Gasteiger partial charge in [0.25, 0.3) is 5.91 Å². The van der Waals surface area contributed by atoms with Crippen LogP contribution in [0.15, 0.2) is 71.1 Å². The van der Waals surface area contributed by atoms with Crippen molar-refractivity contribution in [1.29, 1.82) is 0 Å². The first-order valence-corrected chi connectivity index (χ1v) is 9.08. The van der Waals surface area contributed by atoms with Crippen molar-refractivity contribution in [2.24, 2.45) is 0 Å². The van der Waals surface area contributed by atoms with E-state index in [2.05, 4.69) is 15.5 Å². The van der Waals surface area contributed by atoms with E-state index in [1.165, 1.54) is 6.07 Å². The molecule has 0 spiro atoms. The number of carbonyl (C=O) groups is 1. The Balaban J connectivity index is 1.51. The second-order valence-electron chi connectivity index (χ2n) is 6.79. The van der Waals surface area contributed by atoms with Crippen LogP contribution in [0.4, 0.5) is 10.1 Å². The molecule has 0 bridgehead atoms. The molecule has 1 N–H and O–H groups in total. The number of nitrogens with zero attached hydrogens (tertiary/aromatic N) is 2. The number of aryl methyl sites for hydroxylation is 2. The minimum Gasteiger partial charge on any atom is -0.416 e. The molecule has 0 saturated heterocycles. The summed E-state index contributed by atoms with van der Waals surface area (Å²) in [5.74, 6) is -0.0870. The summed E-state index contributed by atoms with van der Waals surface area (Å²) in [5.41, 5.74) is 4.08. The molecule has 5 nitrogen and oxygen atoms in total. The Morgan fingerprint density at radius 2 is 1.38 bits per heavy atom. The van der Waals surface area contributed by atoms with Crippen LogP contribution in [-0.4, -0.2) is 16.1 Å². The molecular weight excluding hydrogens is 369 g/mol. The highest BCUT2D eigenvalue weighted by Crippen LogP contribution is 2.25. The summed E-state index contributed by atoms with van der Waals surface area (Å²) in [7, 11) is 0. The third-order valence-corrected chi connectivity index (χ3v) is 4.49. The highest BCUT2D eigenvalue weighted by Gasteiger charge is 2.13. The van der Waals surface area contributed by atoms with Crippen LogP contribution in [0.2, 0.25) is 0 Å². The molecule has 6 heteroatoms. The van der Waals surface area contributed by atoms with Crippen molar-refractivity contribution in [2.45, 2.75) is 13.8 Å². The zero-order valence-corrected chi connectivity index (χ0v) is 15.9. The quantitative estimate of drug-likeness (QED) is 0.508. The fraction of sp³-hybridized carbons (Fsp3) is 0.0870. The van der Waals surface area contributed by atoms with Gasteiger partial charge in [-0.25, -0.2) is 4.39 Å². The lowest BCUT2D eigenvalue weighted by molar-refractivity contribution is 0.102. The molecule has 0 atom stereocenters. The second-order valence-corrected chi connectivity index (χ2v) is 6.79. The normalized spacial score (nSPS) is 10.7. The van der Waals surface area contributed by atoms with Gasteiger partial charge in [-0.3, -0.25) is 4.79 Å². The fourth-order valence-corrected chi connectivity index (χ4v) is 2.85. The number of anilines is 1. The Labute approximate surface area is 167 Å². The molecule has 0 aliphatic heterocycles. The largest absolute Gasteiger partial charge is 0.416 e. The Morgan fingerprint density at radius 1 is 0.828 bits per heavy atom. The van der Waals surface area contributed by atoms with E-state index in [1.54, 1.807) is 36.4 Å². The average Bonchev–Trinajstić information content (AvgIpc) is 3.21. The van der Waals surface area contributed by atoms with Gasteiger partial charge in [-0.2, -0.15) is 0 Å². The van der Waals surface area contributed by atoms with Crippen molar-refractivity contribution in [3.05, 3.63) is 89.2 Å². The number of benzene rings is 3. The lowest BCUT2D eigenvalue weighted by Gasteiger charge is -2.07. The molecule has 0 aliphatic carbocycles. The van der Waals surface area contributed by atoms with Gasteiger partial charge in [0.05, 0.1) is 5.69 Å². The Kier molecular flexibility index (Phi) is 4.91. The highest BCUT2D eigenvalue weighted by atomic mass is 19.1. The standard InChI is InChI=1S/C23H18FN3O2/c1-14-3-6-17(7-4-14)22-26-27-23(29-22)18-10-8-16(9-11-18)21(28)25-20-13-15(2)5-12-19(20)24/h3-13H,1-2H3,(H,25,28). The number of hydrogen-bond acceptors (Lipinski definition) is 4. The third kappa shape index (κ3) is 4.06. The van der Waals surface area contributed by atoms with Crippen molar-refractivity contribution in [2.75, 3.05) is 5.32 Å². The summed E-state index contributed by atoms with van der Waals surface area (Å²) in [4.78, 5) is 12.4. The minimum atomic E-state index is -0.477. The number of rotatable bonds is 4. The van der Waals surface area contributed by atoms with Gasteiger partial charge < -0.3 is 9.73 Å². The average molecular weight is 387 g/mol. The van der Waals surface area contributed by atoms with Gasteiger partial charge in [0.1, 0.15) is 5.82 Å². The van der Waals surface area contributed by atoms with E-state index in [0.717, 1.165) is 16.7 Å². The van der Waals surface area contributed by atoms with Crippen LogP contribution in [-0.2, 0) is 0 Å². The summed E-state index contributed by atoms with van der Waals surface area (Å²) in [6, 6.07) is 19.1. The van der Waals surface area contributed by atoms with E-state index in [0.29, 0.717) is 22.9 Å². The smallest absolute Gasteiger partial charge is 0.255 e. The summed E-state index contributed by atoms with van der Waals surface area (Å²) in [6.45, 7) is 3.84. The van der Waals surface area contributed by atoms with E-state index in [4.69, 9.17) is 4.42 Å². The predicted octanol–water partition coefficient (Wildman–Crippen LogP) is 5.41. The van der Waals surface area contributed by atoms with Crippen molar-refractivity contribution in [3.63, 3.8) is 0 Å². The molecule has 0 saturated carbocycles. The van der Waals surface area contributed by atoms with Crippen molar-refractivity contribution < 1.29 is 13.6 Å². The number of nitrogens with one attached hydrogen (secondary N) is 1. The molecule has 0 fully saturated rings. The zero-order chi connectivity index (χ0) is 20.4. The van der Waals surface area contributed by atoms with Crippen LogP contribution < -0.4 is 5.32 Å². The predicted molar refractivity (Wildman–Crippen MR) is 109 cm³/mol. The van der Waals surface area contributed by atoms with Crippen molar-refractivity contribution >= 4 is 11.6 Å². The maximum Gasteiger partial charge on any atom is 0.255 e. The number of halogens is 1. The van der Waals surface area contributed by atoms with Gasteiger partial charge in [0, 0.05) is 16.7 Å². The molecule has 1 heterocycles. The first-order valence-electron chi connectivity index (χ1n) is 9.08. The van der Waals surface area contributed by atoms with Gasteiger partial charge in [-0.05, 0) is 67.9 Å². The molecule has 3 aromatic carbocycles. The van der Waals surface area contributed by atoms with E-state index in [-0.39, 0.29) is 5.69 Å². The molecular formula is C23H18FN3O2. The Morgan fingerprint density at radius 3 is 2.00 bits per heavy atom. The maximum absolute atomic E-state index is 13.9. The summed E-state index contributed by atoms with van der Waals surface area (Å²) < 4.78 is 19.6. The van der Waals surface area contributed by atoms with Gasteiger partial charge >= 0.3 is 0 Å². The Bertz CT molecular complexity index is 1170. The van der Waals surface area contributed by atoms with Crippen molar-refractivity contribution in [3.8, 4) is 22.9 Å². The molecule has 4 aromatic rings. The lowest BCUT2D eigenvalue weighted by Crippen LogP contribution is -2.13. The van der Waals surface area contributed by atoms with Gasteiger partial charge in [0.2, 0.25) is 11.8 Å². The summed E-state index contributed by atoms with van der Waals surface area (Å²) >= 11 is 0. The van der Waals surface area contributed by atoms with Gasteiger partial charge in [-0.1, -0.05) is 23.8 Å². The number of carbonyl (C=O) groups excluding carboxylic acids is 1. The zero-order valence-electron chi connectivity index (χ0n) is 15.9. The first kappa shape index (κ1) is 18.6. The van der Waals surface area contributed by atoms with Gasteiger partial charge in [0.15, 0.2) is 0 Å². The Hall–Kier alpha value is -3.80. The summed E-state index contributed by atoms with van der Waals surface area (Å²) in [5, 5.41) is 10.8. The molecule has 29 heavy (non-hydrogen) atoms.